The molecule has 1 fully saturated rings. The molecule has 2 aliphatic rings. The minimum absolute atomic E-state index is 0.725. The normalized spacial score (nSPS) is 19.1. The Balaban J connectivity index is 1.56. The molecule has 0 unspecified atom stereocenters. The molecule has 0 aliphatic carbocycles. The van der Waals surface area contributed by atoms with Crippen molar-refractivity contribution < 1.29 is 0 Å². The summed E-state index contributed by atoms with van der Waals surface area (Å²) < 4.78 is 1.15. The molecule has 2 aliphatic heterocycles. The first-order valence-corrected chi connectivity index (χ1v) is 9.83. The van der Waals surface area contributed by atoms with E-state index in [1.54, 1.807) is 17.7 Å². The van der Waals surface area contributed by atoms with Gasteiger partial charge >= 0.3 is 0 Å². The fourth-order valence-electron chi connectivity index (χ4n) is 3.43. The molecular formula is C20H23N4S. The van der Waals surface area contributed by atoms with E-state index in [0.717, 1.165) is 29.1 Å². The van der Waals surface area contributed by atoms with Gasteiger partial charge in [-0.15, -0.1) is 11.3 Å². The van der Waals surface area contributed by atoms with Crippen molar-refractivity contribution in [2.75, 3.05) is 31.1 Å². The van der Waals surface area contributed by atoms with Crippen LogP contribution in [0.5, 0.6) is 0 Å². The van der Waals surface area contributed by atoms with Gasteiger partial charge in [-0.05, 0) is 62.0 Å². The van der Waals surface area contributed by atoms with Gasteiger partial charge in [0.25, 0.3) is 0 Å². The average Bonchev–Trinajstić information content (AvgIpc) is 3.04. The number of nitrogens with zero attached hydrogens (tertiary/aromatic N) is 4. The molecule has 25 heavy (non-hydrogen) atoms. The summed E-state index contributed by atoms with van der Waals surface area (Å²) in [6.45, 7) is 6.30. The van der Waals surface area contributed by atoms with Gasteiger partial charge in [0.05, 0.1) is 10.2 Å². The first-order chi connectivity index (χ1) is 12.3. The number of aromatic nitrogens is 2. The van der Waals surface area contributed by atoms with Gasteiger partial charge in [-0.25, -0.2) is 9.97 Å². The van der Waals surface area contributed by atoms with E-state index in [9.17, 15) is 0 Å². The van der Waals surface area contributed by atoms with Gasteiger partial charge in [0.2, 0.25) is 0 Å². The van der Waals surface area contributed by atoms with Crippen LogP contribution in [-0.4, -0.2) is 41.0 Å². The highest BCUT2D eigenvalue weighted by atomic mass is 32.1. The van der Waals surface area contributed by atoms with Crippen molar-refractivity contribution in [3.63, 3.8) is 0 Å². The number of fused-ring (bicyclic) bond motifs is 1. The Morgan fingerprint density at radius 2 is 2.12 bits per heavy atom. The van der Waals surface area contributed by atoms with Crippen molar-refractivity contribution in [3.05, 3.63) is 53.3 Å². The standard InChI is InChI=1S/C20H23N4S/c1-16-14-25-19-18(16)21-15-22-20(19)24-13-6-3-8-17(24)9-7-12-23-10-4-2-5-11-23/h3,7-9,14-15H,2,4-5,10-13H2,1H3. The zero-order chi connectivity index (χ0) is 17.1. The number of allylic oxidation sites excluding steroid dienone is 3. The van der Waals surface area contributed by atoms with E-state index in [0.29, 0.717) is 0 Å². The van der Waals surface area contributed by atoms with E-state index in [1.165, 1.54) is 43.6 Å². The maximum atomic E-state index is 4.58. The van der Waals surface area contributed by atoms with Crippen LogP contribution in [-0.2, 0) is 0 Å². The van der Waals surface area contributed by atoms with Crippen molar-refractivity contribution in [2.45, 2.75) is 26.2 Å². The molecule has 0 bridgehead atoms. The summed E-state index contributed by atoms with van der Waals surface area (Å²) in [5.41, 5.74) is 3.44. The number of rotatable bonds is 4. The first-order valence-electron chi connectivity index (χ1n) is 8.95. The molecule has 4 heterocycles. The average molecular weight is 351 g/mol. The highest BCUT2D eigenvalue weighted by Crippen LogP contribution is 2.33. The lowest BCUT2D eigenvalue weighted by molar-refractivity contribution is 0.251. The van der Waals surface area contributed by atoms with Gasteiger partial charge in [-0.2, -0.15) is 0 Å². The van der Waals surface area contributed by atoms with Gasteiger partial charge in [-0.3, -0.25) is 4.90 Å². The highest BCUT2D eigenvalue weighted by Gasteiger charge is 2.18. The summed E-state index contributed by atoms with van der Waals surface area (Å²) in [5.74, 6) is 0.984. The zero-order valence-electron chi connectivity index (χ0n) is 14.6. The van der Waals surface area contributed by atoms with E-state index in [1.807, 2.05) is 6.08 Å². The second-order valence-electron chi connectivity index (χ2n) is 6.61. The Labute approximate surface area is 153 Å². The molecular weight excluding hydrogens is 328 g/mol. The van der Waals surface area contributed by atoms with Crippen LogP contribution in [0.2, 0.25) is 0 Å². The third-order valence-corrected chi connectivity index (χ3v) is 5.88. The molecule has 1 radical (unpaired) electrons. The Bertz CT molecular complexity index is 827. The highest BCUT2D eigenvalue weighted by molar-refractivity contribution is 7.18. The van der Waals surface area contributed by atoms with Crippen molar-refractivity contribution >= 4 is 27.4 Å². The summed E-state index contributed by atoms with van der Waals surface area (Å²) >= 11 is 1.72. The molecule has 0 aromatic carbocycles. The summed E-state index contributed by atoms with van der Waals surface area (Å²) in [6.07, 6.45) is 17.6. The monoisotopic (exact) mass is 351 g/mol. The second kappa shape index (κ2) is 7.50. The Morgan fingerprint density at radius 1 is 1.24 bits per heavy atom. The lowest BCUT2D eigenvalue weighted by Gasteiger charge is -2.27. The molecule has 0 N–H and O–H groups in total. The molecule has 2 aromatic heterocycles. The third kappa shape index (κ3) is 3.53. The van der Waals surface area contributed by atoms with Crippen LogP contribution >= 0.6 is 11.3 Å². The van der Waals surface area contributed by atoms with Gasteiger partial charge < -0.3 is 4.90 Å². The van der Waals surface area contributed by atoms with Crippen LogP contribution in [0.4, 0.5) is 5.82 Å². The number of hydrogen-bond donors (Lipinski definition) is 0. The Kier molecular flexibility index (Phi) is 4.95. The second-order valence-corrected chi connectivity index (χ2v) is 7.49. The molecule has 0 amide bonds. The van der Waals surface area contributed by atoms with Crippen molar-refractivity contribution in [1.82, 2.24) is 14.9 Å². The summed E-state index contributed by atoms with van der Waals surface area (Å²) in [4.78, 5) is 13.8. The van der Waals surface area contributed by atoms with E-state index in [-0.39, 0.29) is 0 Å². The SMILES string of the molecule is Cc1csc2c(N3C[C]=CC=C3C=CCN3CCCCC3)ncnc12. The van der Waals surface area contributed by atoms with Gasteiger partial charge in [0.15, 0.2) is 5.82 Å². The van der Waals surface area contributed by atoms with Gasteiger partial charge in [0, 0.05) is 18.8 Å². The van der Waals surface area contributed by atoms with E-state index in [2.05, 4.69) is 56.4 Å². The van der Waals surface area contributed by atoms with Crippen molar-refractivity contribution in [1.29, 1.82) is 0 Å². The number of piperidine rings is 1. The van der Waals surface area contributed by atoms with Crippen LogP contribution in [0.25, 0.3) is 10.2 Å². The number of hydrogen-bond acceptors (Lipinski definition) is 5. The quantitative estimate of drug-likeness (QED) is 0.830. The number of anilines is 1. The summed E-state index contributed by atoms with van der Waals surface area (Å²) in [5, 5.41) is 2.15. The van der Waals surface area contributed by atoms with E-state index < -0.39 is 0 Å². The Morgan fingerprint density at radius 3 is 3.00 bits per heavy atom. The Hall–Kier alpha value is -1.98. The maximum Gasteiger partial charge on any atom is 0.154 e. The lowest BCUT2D eigenvalue weighted by atomic mass is 10.1. The summed E-state index contributed by atoms with van der Waals surface area (Å²) in [6, 6.07) is 0. The largest absolute Gasteiger partial charge is 0.321 e. The number of likely N-dealkylation sites (tertiary alicyclic amines) is 1. The fraction of sp³-hybridized carbons (Fsp3) is 0.400. The predicted octanol–water partition coefficient (Wildman–Crippen LogP) is 4.11. The van der Waals surface area contributed by atoms with E-state index in [4.69, 9.17) is 0 Å². The van der Waals surface area contributed by atoms with Crippen molar-refractivity contribution in [2.24, 2.45) is 0 Å². The van der Waals surface area contributed by atoms with Crippen LogP contribution < -0.4 is 4.90 Å². The molecule has 4 nitrogen and oxygen atoms in total. The zero-order valence-corrected chi connectivity index (χ0v) is 15.4. The molecule has 4 rings (SSSR count). The molecule has 2 aromatic rings. The third-order valence-electron chi connectivity index (χ3n) is 4.80. The van der Waals surface area contributed by atoms with Crippen LogP contribution in [0, 0.1) is 13.0 Å². The number of thiophene rings is 1. The van der Waals surface area contributed by atoms with E-state index >= 15 is 0 Å². The minimum Gasteiger partial charge on any atom is -0.321 e. The predicted molar refractivity (Wildman–Crippen MR) is 105 cm³/mol. The smallest absolute Gasteiger partial charge is 0.154 e. The number of aryl methyl sites for hydroxylation is 1. The molecule has 0 spiro atoms. The van der Waals surface area contributed by atoms with Gasteiger partial charge in [0.1, 0.15) is 6.33 Å². The van der Waals surface area contributed by atoms with Crippen LogP contribution in [0.15, 0.2) is 41.7 Å². The molecule has 129 valence electrons. The topological polar surface area (TPSA) is 32.3 Å². The molecule has 1 saturated heterocycles. The van der Waals surface area contributed by atoms with Gasteiger partial charge in [-0.1, -0.05) is 18.6 Å². The maximum absolute atomic E-state index is 4.58. The van der Waals surface area contributed by atoms with Crippen molar-refractivity contribution in [3.8, 4) is 0 Å². The lowest BCUT2D eigenvalue weighted by Crippen LogP contribution is -2.30. The van der Waals surface area contributed by atoms with Crippen LogP contribution in [0.3, 0.4) is 0 Å². The molecule has 0 atom stereocenters. The van der Waals surface area contributed by atoms with Crippen LogP contribution in [0.1, 0.15) is 24.8 Å². The summed E-state index contributed by atoms with van der Waals surface area (Å²) in [7, 11) is 0. The molecule has 0 saturated carbocycles. The molecule has 5 heteroatoms. The minimum atomic E-state index is 0.725. The first kappa shape index (κ1) is 16.5. The fourth-order valence-corrected chi connectivity index (χ4v) is 4.43.